The minimum atomic E-state index is -0.307. The van der Waals surface area contributed by atoms with Gasteiger partial charge in [0.05, 0.1) is 11.4 Å². The van der Waals surface area contributed by atoms with Gasteiger partial charge in [-0.15, -0.1) is 0 Å². The molecule has 1 atom stereocenters. The Balaban J connectivity index is 1.02. The Labute approximate surface area is 331 Å². The molecule has 3 heteroatoms. The fourth-order valence-corrected chi connectivity index (χ4v) is 8.89. The molecule has 2 heterocycles. The zero-order chi connectivity index (χ0) is 37.9. The maximum Gasteiger partial charge on any atom is 0.160 e. The number of hydrogen-bond donors (Lipinski definition) is 0. The van der Waals surface area contributed by atoms with E-state index in [9.17, 15) is 0 Å². The molecular weight excluding hydrogens is 693 g/mol. The van der Waals surface area contributed by atoms with Crippen LogP contribution in [0.3, 0.4) is 0 Å². The van der Waals surface area contributed by atoms with Crippen molar-refractivity contribution < 1.29 is 4.42 Å². The summed E-state index contributed by atoms with van der Waals surface area (Å²) in [5.74, 6) is 0.699. The molecule has 2 aromatic heterocycles. The van der Waals surface area contributed by atoms with Gasteiger partial charge in [-0.1, -0.05) is 170 Å². The highest BCUT2D eigenvalue weighted by atomic mass is 16.3. The van der Waals surface area contributed by atoms with Crippen molar-refractivity contribution in [1.82, 2.24) is 9.97 Å². The molecule has 1 aliphatic rings. The predicted molar refractivity (Wildman–Crippen MR) is 234 cm³/mol. The third-order valence-electron chi connectivity index (χ3n) is 11.8. The standard InChI is InChI=1S/C54H36N2O/c1-54(40-16-6-3-7-17-40)47-22-12-10-19-42(47)43-30-28-39(33-48(43)54)49-34-50(56-53(55-49)37-14-4-2-5-15-37)44-20-9-8-18-41(44)36-26-24-35(25-27-36)38-29-31-52-46(32-38)45-21-11-13-23-51(45)57-52/h2-34H,1H3. The molecule has 1 aliphatic carbocycles. The second kappa shape index (κ2) is 13.1. The quantitative estimate of drug-likeness (QED) is 0.171. The summed E-state index contributed by atoms with van der Waals surface area (Å²) >= 11 is 0. The summed E-state index contributed by atoms with van der Waals surface area (Å²) in [5.41, 5.74) is 17.4. The van der Waals surface area contributed by atoms with Crippen LogP contribution in [0.15, 0.2) is 205 Å². The number of aromatic nitrogens is 2. The van der Waals surface area contributed by atoms with Crippen LogP contribution in [0.1, 0.15) is 23.6 Å². The molecule has 1 unspecified atom stereocenters. The Bertz CT molecular complexity index is 3130. The van der Waals surface area contributed by atoms with E-state index in [0.29, 0.717) is 5.82 Å². The molecule has 0 bridgehead atoms. The molecule has 3 nitrogen and oxygen atoms in total. The molecule has 0 N–H and O–H groups in total. The number of para-hydroxylation sites is 1. The number of fused-ring (bicyclic) bond motifs is 6. The molecule has 10 aromatic rings. The van der Waals surface area contributed by atoms with Crippen molar-refractivity contribution in [2.24, 2.45) is 0 Å². The van der Waals surface area contributed by atoms with E-state index in [-0.39, 0.29) is 5.41 Å². The van der Waals surface area contributed by atoms with E-state index in [4.69, 9.17) is 14.4 Å². The molecule has 8 aromatic carbocycles. The van der Waals surface area contributed by atoms with Gasteiger partial charge in [-0.05, 0) is 87.3 Å². The maximum absolute atomic E-state index is 6.10. The molecule has 0 aliphatic heterocycles. The highest BCUT2D eigenvalue weighted by molar-refractivity contribution is 6.06. The second-order valence-electron chi connectivity index (χ2n) is 15.1. The zero-order valence-electron chi connectivity index (χ0n) is 31.4. The van der Waals surface area contributed by atoms with E-state index in [2.05, 4.69) is 177 Å². The fourth-order valence-electron chi connectivity index (χ4n) is 8.89. The summed E-state index contributed by atoms with van der Waals surface area (Å²) in [6, 6.07) is 71.1. The van der Waals surface area contributed by atoms with Crippen LogP contribution in [-0.2, 0) is 5.41 Å². The summed E-state index contributed by atoms with van der Waals surface area (Å²) in [4.78, 5) is 10.5. The lowest BCUT2D eigenvalue weighted by molar-refractivity contribution is 0.669. The van der Waals surface area contributed by atoms with Gasteiger partial charge in [0, 0.05) is 32.9 Å². The van der Waals surface area contributed by atoms with Crippen molar-refractivity contribution in [3.8, 4) is 67.3 Å². The molecule has 11 rings (SSSR count). The molecule has 0 radical (unpaired) electrons. The molecule has 0 saturated heterocycles. The molecule has 0 fully saturated rings. The number of hydrogen-bond acceptors (Lipinski definition) is 3. The van der Waals surface area contributed by atoms with Gasteiger partial charge in [-0.2, -0.15) is 0 Å². The average molecular weight is 729 g/mol. The van der Waals surface area contributed by atoms with Gasteiger partial charge in [0.1, 0.15) is 11.2 Å². The normalized spacial score (nSPS) is 14.5. The first kappa shape index (κ1) is 33.0. The summed E-state index contributed by atoms with van der Waals surface area (Å²) in [7, 11) is 0. The average Bonchev–Trinajstić information content (AvgIpc) is 3.79. The van der Waals surface area contributed by atoms with Crippen LogP contribution in [-0.4, -0.2) is 9.97 Å². The lowest BCUT2D eigenvalue weighted by atomic mass is 9.74. The van der Waals surface area contributed by atoms with Crippen LogP contribution < -0.4 is 0 Å². The van der Waals surface area contributed by atoms with Crippen molar-refractivity contribution in [1.29, 1.82) is 0 Å². The summed E-state index contributed by atoms with van der Waals surface area (Å²) in [6.07, 6.45) is 0. The van der Waals surface area contributed by atoms with Gasteiger partial charge in [-0.25, -0.2) is 9.97 Å². The highest BCUT2D eigenvalue weighted by Crippen LogP contribution is 2.53. The number of benzene rings is 8. The van der Waals surface area contributed by atoms with Crippen LogP contribution in [0.4, 0.5) is 0 Å². The van der Waals surface area contributed by atoms with Crippen LogP contribution in [0.2, 0.25) is 0 Å². The van der Waals surface area contributed by atoms with Gasteiger partial charge < -0.3 is 4.42 Å². The molecule has 0 spiro atoms. The van der Waals surface area contributed by atoms with Crippen LogP contribution >= 0.6 is 0 Å². The van der Waals surface area contributed by atoms with Gasteiger partial charge in [0.2, 0.25) is 0 Å². The van der Waals surface area contributed by atoms with E-state index in [1.165, 1.54) is 27.8 Å². The molecular formula is C54H36N2O. The smallest absolute Gasteiger partial charge is 0.160 e. The maximum atomic E-state index is 6.10. The van der Waals surface area contributed by atoms with Crippen molar-refractivity contribution >= 4 is 21.9 Å². The van der Waals surface area contributed by atoms with E-state index in [1.54, 1.807) is 0 Å². The lowest BCUT2D eigenvalue weighted by Gasteiger charge is -2.28. The lowest BCUT2D eigenvalue weighted by Crippen LogP contribution is -2.22. The van der Waals surface area contributed by atoms with Crippen LogP contribution in [0.25, 0.3) is 89.2 Å². The van der Waals surface area contributed by atoms with E-state index in [1.807, 2.05) is 30.3 Å². The minimum Gasteiger partial charge on any atom is -0.456 e. The van der Waals surface area contributed by atoms with E-state index >= 15 is 0 Å². The highest BCUT2D eigenvalue weighted by Gasteiger charge is 2.40. The molecule has 0 amide bonds. The Hall–Kier alpha value is -7.36. The minimum absolute atomic E-state index is 0.307. The Morgan fingerprint density at radius 2 is 0.965 bits per heavy atom. The van der Waals surface area contributed by atoms with Crippen molar-refractivity contribution in [2.45, 2.75) is 12.3 Å². The first-order valence-electron chi connectivity index (χ1n) is 19.5. The Kier molecular flexibility index (Phi) is 7.61. The van der Waals surface area contributed by atoms with Crippen LogP contribution in [0.5, 0.6) is 0 Å². The van der Waals surface area contributed by atoms with Crippen molar-refractivity contribution in [2.75, 3.05) is 0 Å². The number of nitrogens with zero attached hydrogens (tertiary/aromatic N) is 2. The van der Waals surface area contributed by atoms with Gasteiger partial charge >= 0.3 is 0 Å². The first-order valence-corrected chi connectivity index (χ1v) is 19.5. The van der Waals surface area contributed by atoms with Crippen molar-refractivity contribution in [3.63, 3.8) is 0 Å². The Morgan fingerprint density at radius 1 is 0.368 bits per heavy atom. The topological polar surface area (TPSA) is 38.9 Å². The van der Waals surface area contributed by atoms with Crippen molar-refractivity contribution in [3.05, 3.63) is 217 Å². The van der Waals surface area contributed by atoms with E-state index < -0.39 is 0 Å². The third kappa shape index (κ3) is 5.43. The fraction of sp³-hybridized carbons (Fsp3) is 0.0370. The predicted octanol–water partition coefficient (Wildman–Crippen LogP) is 14.0. The molecule has 57 heavy (non-hydrogen) atoms. The van der Waals surface area contributed by atoms with Gasteiger partial charge in [-0.3, -0.25) is 0 Å². The Morgan fingerprint density at radius 3 is 1.79 bits per heavy atom. The third-order valence-corrected chi connectivity index (χ3v) is 11.8. The van der Waals surface area contributed by atoms with Crippen LogP contribution in [0, 0.1) is 0 Å². The largest absolute Gasteiger partial charge is 0.456 e. The first-order chi connectivity index (χ1) is 28.1. The molecule has 0 saturated carbocycles. The van der Waals surface area contributed by atoms with E-state index in [0.717, 1.165) is 72.3 Å². The SMILES string of the molecule is CC1(c2ccccc2)c2ccccc2-c2ccc(-c3cc(-c4ccccc4-c4ccc(-c5ccc6oc7ccccc7c6c5)cc4)nc(-c4ccccc4)n3)cc21. The number of furan rings is 1. The number of rotatable bonds is 6. The van der Waals surface area contributed by atoms with Gasteiger partial charge in [0.25, 0.3) is 0 Å². The second-order valence-corrected chi connectivity index (χ2v) is 15.1. The summed E-state index contributed by atoms with van der Waals surface area (Å²) < 4.78 is 6.10. The van der Waals surface area contributed by atoms with Gasteiger partial charge in [0.15, 0.2) is 5.82 Å². The monoisotopic (exact) mass is 728 g/mol. The molecule has 268 valence electrons. The zero-order valence-corrected chi connectivity index (χ0v) is 31.4. The summed E-state index contributed by atoms with van der Waals surface area (Å²) in [6.45, 7) is 2.36. The summed E-state index contributed by atoms with van der Waals surface area (Å²) in [5, 5.41) is 2.26.